The van der Waals surface area contributed by atoms with Gasteiger partial charge in [-0.25, -0.2) is 14.2 Å². The Hall–Kier alpha value is -2.15. The van der Waals surface area contributed by atoms with Gasteiger partial charge in [0.15, 0.2) is 22.4 Å². The number of aromatic carboxylic acids is 1. The van der Waals surface area contributed by atoms with E-state index in [0.29, 0.717) is 15.7 Å². The Morgan fingerprint density at radius 2 is 2.26 bits per heavy atom. The van der Waals surface area contributed by atoms with Gasteiger partial charge in [-0.15, -0.1) is 11.3 Å². The number of benzene rings is 1. The second-order valence-corrected chi connectivity index (χ2v) is 4.91. The van der Waals surface area contributed by atoms with Gasteiger partial charge in [-0.1, -0.05) is 0 Å². The van der Waals surface area contributed by atoms with Gasteiger partial charge in [0, 0.05) is 16.6 Å². The molecule has 1 heterocycles. The first-order valence-corrected chi connectivity index (χ1v) is 6.14. The molecule has 0 radical (unpaired) electrons. The fourth-order valence-corrected chi connectivity index (χ4v) is 2.33. The number of aryl methyl sites for hydroxylation is 1. The van der Waals surface area contributed by atoms with Gasteiger partial charge in [-0.05, 0) is 19.1 Å². The molecule has 0 atom stereocenters. The summed E-state index contributed by atoms with van der Waals surface area (Å²) in [4.78, 5) is 15.4. The van der Waals surface area contributed by atoms with Crippen LogP contribution in [0.15, 0.2) is 18.2 Å². The number of ether oxygens (including phenoxy) is 1. The van der Waals surface area contributed by atoms with E-state index in [4.69, 9.17) is 9.84 Å². The van der Waals surface area contributed by atoms with Gasteiger partial charge in [-0.3, -0.25) is 0 Å². The molecule has 2 aromatic rings. The van der Waals surface area contributed by atoms with Crippen LogP contribution in [0.5, 0.6) is 5.75 Å². The van der Waals surface area contributed by atoms with Crippen LogP contribution in [0.4, 0.5) is 15.2 Å². The monoisotopic (exact) mass is 282 g/mol. The predicted octanol–water partition coefficient (Wildman–Crippen LogP) is 3.04. The van der Waals surface area contributed by atoms with Crippen molar-refractivity contribution in [1.82, 2.24) is 4.98 Å². The first-order valence-electron chi connectivity index (χ1n) is 5.32. The molecule has 0 unspecified atom stereocenters. The van der Waals surface area contributed by atoms with Crippen molar-refractivity contribution >= 4 is 28.1 Å². The fraction of sp³-hybridized carbons (Fsp3) is 0.167. The number of nitrogens with zero attached hydrogens (tertiary/aromatic N) is 1. The third-order valence-electron chi connectivity index (χ3n) is 2.40. The molecule has 0 fully saturated rings. The highest BCUT2D eigenvalue weighted by atomic mass is 32.1. The van der Waals surface area contributed by atoms with Crippen LogP contribution < -0.4 is 10.1 Å². The van der Waals surface area contributed by atoms with Crippen LogP contribution in [-0.4, -0.2) is 23.2 Å². The maximum Gasteiger partial charge on any atom is 0.355 e. The Morgan fingerprint density at radius 1 is 1.53 bits per heavy atom. The number of carboxylic acid groups (broad SMARTS) is 1. The predicted molar refractivity (Wildman–Crippen MR) is 70.0 cm³/mol. The number of hydrogen-bond acceptors (Lipinski definition) is 5. The Bertz CT molecular complexity index is 627. The lowest BCUT2D eigenvalue weighted by Crippen LogP contribution is -1.99. The summed E-state index contributed by atoms with van der Waals surface area (Å²) >= 11 is 1.22. The summed E-state index contributed by atoms with van der Waals surface area (Å²) in [6.45, 7) is 1.68. The van der Waals surface area contributed by atoms with Crippen LogP contribution in [0.25, 0.3) is 0 Å². The maximum atomic E-state index is 13.2. The zero-order valence-corrected chi connectivity index (χ0v) is 11.0. The number of rotatable bonds is 4. The second-order valence-electron chi connectivity index (χ2n) is 3.70. The Balaban J connectivity index is 2.26. The minimum Gasteiger partial charge on any atom is -0.494 e. The van der Waals surface area contributed by atoms with Crippen LogP contribution in [0.2, 0.25) is 0 Å². The molecule has 5 nitrogen and oxygen atoms in total. The summed E-state index contributed by atoms with van der Waals surface area (Å²) < 4.78 is 18.1. The second kappa shape index (κ2) is 5.23. The maximum absolute atomic E-state index is 13.2. The zero-order valence-electron chi connectivity index (χ0n) is 10.2. The first kappa shape index (κ1) is 13.3. The number of carbonyl (C=O) groups is 1. The first-order chi connectivity index (χ1) is 9.01. The number of carboxylic acids is 1. The van der Waals surface area contributed by atoms with E-state index in [9.17, 15) is 9.18 Å². The molecule has 0 spiro atoms. The molecular formula is C12H11FN2O3S. The number of anilines is 2. The lowest BCUT2D eigenvalue weighted by molar-refractivity contribution is 0.0690. The van der Waals surface area contributed by atoms with Crippen LogP contribution >= 0.6 is 11.3 Å². The minimum atomic E-state index is -1.07. The molecule has 1 aromatic carbocycles. The van der Waals surface area contributed by atoms with Gasteiger partial charge in [0.05, 0.1) is 7.11 Å². The highest BCUT2D eigenvalue weighted by molar-refractivity contribution is 7.15. The van der Waals surface area contributed by atoms with Gasteiger partial charge in [0.1, 0.15) is 0 Å². The molecule has 0 aliphatic heterocycles. The molecule has 100 valence electrons. The third-order valence-corrected chi connectivity index (χ3v) is 3.29. The van der Waals surface area contributed by atoms with Gasteiger partial charge in [0.25, 0.3) is 0 Å². The molecule has 0 saturated carbocycles. The average Bonchev–Trinajstić information content (AvgIpc) is 2.73. The van der Waals surface area contributed by atoms with E-state index >= 15 is 0 Å². The molecule has 1 aromatic heterocycles. The van der Waals surface area contributed by atoms with Crippen molar-refractivity contribution in [1.29, 1.82) is 0 Å². The SMILES string of the molecule is COc1cc(Nc2nc(C(=O)O)c(C)s2)ccc1F. The molecular weight excluding hydrogens is 271 g/mol. The summed E-state index contributed by atoms with van der Waals surface area (Å²) in [6, 6.07) is 4.27. The number of halogens is 1. The molecule has 2 N–H and O–H groups in total. The van der Waals surface area contributed by atoms with E-state index in [0.717, 1.165) is 0 Å². The van der Waals surface area contributed by atoms with Crippen molar-refractivity contribution < 1.29 is 19.0 Å². The van der Waals surface area contributed by atoms with Crippen molar-refractivity contribution in [2.24, 2.45) is 0 Å². The highest BCUT2D eigenvalue weighted by Gasteiger charge is 2.14. The van der Waals surface area contributed by atoms with E-state index in [-0.39, 0.29) is 11.4 Å². The summed E-state index contributed by atoms with van der Waals surface area (Å²) in [7, 11) is 1.37. The van der Waals surface area contributed by atoms with E-state index in [1.807, 2.05) is 0 Å². The van der Waals surface area contributed by atoms with Crippen LogP contribution in [0.1, 0.15) is 15.4 Å². The molecule has 2 rings (SSSR count). The standard InChI is InChI=1S/C12H11FN2O3S/c1-6-10(11(16)17)15-12(19-6)14-7-3-4-8(13)9(5-7)18-2/h3-5H,1-2H3,(H,14,15)(H,16,17). The number of nitrogens with one attached hydrogen (secondary N) is 1. The number of aromatic nitrogens is 1. The lowest BCUT2D eigenvalue weighted by Gasteiger charge is -2.06. The quantitative estimate of drug-likeness (QED) is 0.901. The number of hydrogen-bond donors (Lipinski definition) is 2. The molecule has 7 heteroatoms. The topological polar surface area (TPSA) is 71.5 Å². The Kier molecular flexibility index (Phi) is 3.66. The molecule has 19 heavy (non-hydrogen) atoms. The van der Waals surface area contributed by atoms with Gasteiger partial charge < -0.3 is 15.2 Å². The van der Waals surface area contributed by atoms with Gasteiger partial charge in [-0.2, -0.15) is 0 Å². The van der Waals surface area contributed by atoms with Crippen LogP contribution in [0, 0.1) is 12.7 Å². The molecule has 0 amide bonds. The normalized spacial score (nSPS) is 10.3. The minimum absolute atomic E-state index is 0.0153. The Labute approximate surface area is 112 Å². The fourth-order valence-electron chi connectivity index (χ4n) is 1.51. The van der Waals surface area contributed by atoms with Gasteiger partial charge in [0.2, 0.25) is 0 Å². The third kappa shape index (κ3) is 2.82. The molecule has 0 aliphatic carbocycles. The van der Waals surface area contributed by atoms with Crippen molar-refractivity contribution in [2.45, 2.75) is 6.92 Å². The van der Waals surface area contributed by atoms with Crippen LogP contribution in [-0.2, 0) is 0 Å². The number of methoxy groups -OCH3 is 1. The van der Waals surface area contributed by atoms with Crippen molar-refractivity contribution in [3.05, 3.63) is 34.6 Å². The van der Waals surface area contributed by atoms with Crippen molar-refractivity contribution in [3.63, 3.8) is 0 Å². The van der Waals surface area contributed by atoms with E-state index < -0.39 is 11.8 Å². The van der Waals surface area contributed by atoms with Crippen molar-refractivity contribution in [3.8, 4) is 5.75 Å². The summed E-state index contributed by atoms with van der Waals surface area (Å²) in [6.07, 6.45) is 0. The molecule has 0 bridgehead atoms. The molecule has 0 aliphatic rings. The smallest absolute Gasteiger partial charge is 0.355 e. The van der Waals surface area contributed by atoms with Gasteiger partial charge >= 0.3 is 5.97 Å². The van der Waals surface area contributed by atoms with Crippen LogP contribution in [0.3, 0.4) is 0 Å². The van der Waals surface area contributed by atoms with E-state index in [1.165, 1.54) is 36.6 Å². The summed E-state index contributed by atoms with van der Waals surface area (Å²) in [5.74, 6) is -1.43. The van der Waals surface area contributed by atoms with E-state index in [1.54, 1.807) is 6.92 Å². The highest BCUT2D eigenvalue weighted by Crippen LogP contribution is 2.28. The lowest BCUT2D eigenvalue weighted by atomic mass is 10.3. The van der Waals surface area contributed by atoms with Crippen molar-refractivity contribution in [2.75, 3.05) is 12.4 Å². The molecule has 0 saturated heterocycles. The largest absolute Gasteiger partial charge is 0.494 e. The average molecular weight is 282 g/mol. The zero-order chi connectivity index (χ0) is 14.0. The summed E-state index contributed by atoms with van der Waals surface area (Å²) in [5.41, 5.74) is 0.588. The number of thiazole rings is 1. The summed E-state index contributed by atoms with van der Waals surface area (Å²) in [5, 5.41) is 12.3. The van der Waals surface area contributed by atoms with E-state index in [2.05, 4.69) is 10.3 Å². The Morgan fingerprint density at radius 3 is 2.84 bits per heavy atom.